The van der Waals surface area contributed by atoms with Crippen molar-refractivity contribution < 1.29 is 8.78 Å². The highest BCUT2D eigenvalue weighted by Gasteiger charge is 2.44. The zero-order chi connectivity index (χ0) is 35.0. The molecule has 0 radical (unpaired) electrons. The topological polar surface area (TPSA) is 51.6 Å². The smallest absolute Gasteiger partial charge is 0.228 e. The van der Waals surface area contributed by atoms with Crippen molar-refractivity contribution in [3.8, 4) is 67.5 Å². The molecule has 0 spiro atoms. The molecule has 0 fully saturated rings. The van der Waals surface area contributed by atoms with Crippen LogP contribution in [0.5, 0.6) is 0 Å². The first-order valence-electron chi connectivity index (χ1n) is 16.8. The van der Waals surface area contributed by atoms with Gasteiger partial charge in [-0.15, -0.1) is 0 Å². The Morgan fingerprint density at radius 2 is 0.922 bits per heavy atom. The fourth-order valence-electron chi connectivity index (χ4n) is 6.57. The van der Waals surface area contributed by atoms with Crippen molar-refractivity contribution in [3.05, 3.63) is 175 Å². The molecule has 51 heavy (non-hydrogen) atoms. The van der Waals surface area contributed by atoms with E-state index in [9.17, 15) is 0 Å². The van der Waals surface area contributed by atoms with Crippen LogP contribution in [0.1, 0.15) is 30.8 Å². The fourth-order valence-corrected chi connectivity index (χ4v) is 6.57. The number of fused-ring (bicyclic) bond motifs is 3. The average Bonchev–Trinajstić information content (AvgIpc) is 3.42. The van der Waals surface area contributed by atoms with Crippen LogP contribution in [0, 0.1) is 0 Å². The van der Waals surface area contributed by atoms with E-state index in [1.807, 2.05) is 147 Å². The van der Waals surface area contributed by atoms with Gasteiger partial charge in [0.1, 0.15) is 0 Å². The van der Waals surface area contributed by atoms with Crippen molar-refractivity contribution in [2.24, 2.45) is 0 Å². The highest BCUT2D eigenvalue weighted by atomic mass is 19.3. The van der Waals surface area contributed by atoms with E-state index in [0.717, 1.165) is 44.8 Å². The second-order valence-corrected chi connectivity index (χ2v) is 12.4. The molecule has 1 aliphatic rings. The number of aromatic nitrogens is 4. The Hall–Kier alpha value is -6.40. The van der Waals surface area contributed by atoms with Gasteiger partial charge in [0.15, 0.2) is 11.6 Å². The van der Waals surface area contributed by atoms with Gasteiger partial charge in [-0.2, -0.15) is 8.78 Å². The average molecular weight is 667 g/mol. The van der Waals surface area contributed by atoms with Crippen LogP contribution in [-0.2, 0) is 5.92 Å². The molecule has 4 nitrogen and oxygen atoms in total. The Morgan fingerprint density at radius 1 is 0.490 bits per heavy atom. The maximum Gasteiger partial charge on any atom is 0.299 e. The van der Waals surface area contributed by atoms with E-state index in [4.69, 9.17) is 19.9 Å². The van der Waals surface area contributed by atoms with Gasteiger partial charge in [0.05, 0.1) is 22.8 Å². The van der Waals surface area contributed by atoms with Gasteiger partial charge in [-0.25, -0.2) is 19.9 Å². The Bertz CT molecular complexity index is 2400. The minimum Gasteiger partial charge on any atom is -0.228 e. The molecular formula is C45H32F2N4. The molecule has 2 heterocycles. The van der Waals surface area contributed by atoms with E-state index in [1.165, 1.54) is 12.1 Å². The Balaban J connectivity index is 1.28. The van der Waals surface area contributed by atoms with Crippen LogP contribution < -0.4 is 0 Å². The summed E-state index contributed by atoms with van der Waals surface area (Å²) < 4.78 is 32.2. The minimum atomic E-state index is -3.16. The number of halogens is 2. The van der Waals surface area contributed by atoms with Crippen molar-refractivity contribution in [2.45, 2.75) is 19.8 Å². The minimum absolute atomic E-state index is 0.0309. The van der Waals surface area contributed by atoms with Crippen LogP contribution >= 0.6 is 0 Å². The maximum absolute atomic E-state index is 16.1. The summed E-state index contributed by atoms with van der Waals surface area (Å²) >= 11 is 0. The first-order valence-corrected chi connectivity index (χ1v) is 16.8. The van der Waals surface area contributed by atoms with Crippen LogP contribution in [0.3, 0.4) is 0 Å². The molecule has 0 saturated carbocycles. The first-order chi connectivity index (χ1) is 24.9. The largest absolute Gasteiger partial charge is 0.299 e. The van der Waals surface area contributed by atoms with E-state index < -0.39 is 5.92 Å². The van der Waals surface area contributed by atoms with E-state index in [0.29, 0.717) is 34.2 Å². The summed E-state index contributed by atoms with van der Waals surface area (Å²) in [5.41, 5.74) is 8.73. The number of nitrogens with zero attached hydrogens (tertiary/aromatic N) is 4. The summed E-state index contributed by atoms with van der Waals surface area (Å²) in [5.74, 6) is -2.03. The Kier molecular flexibility index (Phi) is 8.20. The summed E-state index contributed by atoms with van der Waals surface area (Å²) in [6.45, 7) is 3.90. The Morgan fingerprint density at radius 3 is 1.39 bits per heavy atom. The number of alkyl halides is 2. The predicted molar refractivity (Wildman–Crippen MR) is 202 cm³/mol. The predicted octanol–water partition coefficient (Wildman–Crippen LogP) is 11.7. The van der Waals surface area contributed by atoms with Crippen molar-refractivity contribution in [1.82, 2.24) is 19.9 Å². The maximum atomic E-state index is 16.1. The highest BCUT2D eigenvalue weighted by Crippen LogP contribution is 2.52. The van der Waals surface area contributed by atoms with Gasteiger partial charge in [0.25, 0.3) is 5.92 Å². The van der Waals surface area contributed by atoms with Crippen LogP contribution in [0.2, 0.25) is 0 Å². The summed E-state index contributed by atoms with van der Waals surface area (Å²) in [6, 6.07) is 43.6. The lowest BCUT2D eigenvalue weighted by molar-refractivity contribution is 0.0480. The van der Waals surface area contributed by atoms with E-state index in [-0.39, 0.29) is 11.1 Å². The fraction of sp³-hybridized carbons (Fsp3) is 0.0667. The molecule has 6 heteroatoms. The molecule has 1 aliphatic carbocycles. The van der Waals surface area contributed by atoms with Crippen LogP contribution in [0.25, 0.3) is 73.1 Å². The van der Waals surface area contributed by atoms with Gasteiger partial charge < -0.3 is 0 Å². The molecule has 0 amide bonds. The van der Waals surface area contributed by atoms with E-state index in [2.05, 4.69) is 0 Å². The van der Waals surface area contributed by atoms with Crippen molar-refractivity contribution in [1.29, 1.82) is 0 Å². The SMILES string of the molecule is C/C=C\C(=C/C)c1nc(-c2ccccc2)cc(-c2ccc3c(c2)-c2cc(-c4cc(-c5ccccc5)nc(-c5ccccc5)n4)ccc2C3(F)F)n1. The summed E-state index contributed by atoms with van der Waals surface area (Å²) in [4.78, 5) is 19.7. The third kappa shape index (κ3) is 5.95. The molecular weight excluding hydrogens is 635 g/mol. The lowest BCUT2D eigenvalue weighted by atomic mass is 9.98. The third-order valence-corrected chi connectivity index (χ3v) is 9.14. The van der Waals surface area contributed by atoms with Gasteiger partial charge in [-0.3, -0.25) is 0 Å². The van der Waals surface area contributed by atoms with Gasteiger partial charge in [0.2, 0.25) is 0 Å². The lowest BCUT2D eigenvalue weighted by Crippen LogP contribution is -2.10. The number of hydrogen-bond acceptors (Lipinski definition) is 4. The van der Waals surface area contributed by atoms with Crippen LogP contribution in [0.15, 0.2) is 158 Å². The third-order valence-electron chi connectivity index (χ3n) is 9.14. The monoisotopic (exact) mass is 666 g/mol. The zero-order valence-corrected chi connectivity index (χ0v) is 28.1. The summed E-state index contributed by atoms with van der Waals surface area (Å²) in [5, 5.41) is 0. The normalized spacial score (nSPS) is 13.3. The molecule has 0 bridgehead atoms. The molecule has 0 aliphatic heterocycles. The molecule has 0 atom stereocenters. The lowest BCUT2D eigenvalue weighted by Gasteiger charge is -2.13. The number of allylic oxidation sites excluding steroid dienone is 4. The number of hydrogen-bond donors (Lipinski definition) is 0. The quantitative estimate of drug-likeness (QED) is 0.159. The van der Waals surface area contributed by atoms with Crippen molar-refractivity contribution in [3.63, 3.8) is 0 Å². The molecule has 0 saturated heterocycles. The molecule has 8 rings (SSSR count). The van der Waals surface area contributed by atoms with Crippen molar-refractivity contribution in [2.75, 3.05) is 0 Å². The number of benzene rings is 5. The van der Waals surface area contributed by atoms with E-state index in [1.54, 1.807) is 12.1 Å². The molecule has 0 unspecified atom stereocenters. The van der Waals surface area contributed by atoms with Gasteiger partial charge in [0, 0.05) is 44.5 Å². The second kappa shape index (κ2) is 13.1. The van der Waals surface area contributed by atoms with Crippen LogP contribution in [-0.4, -0.2) is 19.9 Å². The summed E-state index contributed by atoms with van der Waals surface area (Å²) in [7, 11) is 0. The first kappa shape index (κ1) is 31.8. The van der Waals surface area contributed by atoms with Crippen LogP contribution in [0.4, 0.5) is 8.78 Å². The molecule has 246 valence electrons. The highest BCUT2D eigenvalue weighted by molar-refractivity contribution is 5.87. The number of rotatable bonds is 7. The second-order valence-electron chi connectivity index (χ2n) is 12.4. The van der Waals surface area contributed by atoms with Gasteiger partial charge >= 0.3 is 0 Å². The summed E-state index contributed by atoms with van der Waals surface area (Å²) in [6.07, 6.45) is 5.88. The van der Waals surface area contributed by atoms with Crippen molar-refractivity contribution >= 4 is 5.57 Å². The van der Waals surface area contributed by atoms with E-state index >= 15 is 8.78 Å². The molecule has 2 aromatic heterocycles. The Labute approximate surface area is 295 Å². The molecule has 0 N–H and O–H groups in total. The molecule has 7 aromatic rings. The zero-order valence-electron chi connectivity index (χ0n) is 28.1. The van der Waals surface area contributed by atoms with Gasteiger partial charge in [-0.1, -0.05) is 133 Å². The standard InChI is InChI=1S/C45H32F2N4/c1-3-14-29(4-2)43-48-39(30-15-8-5-9-16-30)27-41(50-43)33-21-23-37-35(25-33)36-26-34(22-24-38(36)45(37,46)47)42-28-40(31-17-10-6-11-18-31)49-44(51-42)32-19-12-7-13-20-32/h3-28H,1-2H3/b14-3-,29-4+. The molecule has 5 aromatic carbocycles. The van der Waals surface area contributed by atoms with Gasteiger partial charge in [-0.05, 0) is 49.2 Å².